The van der Waals surface area contributed by atoms with Crippen LogP contribution in [0.25, 0.3) is 0 Å². The molecule has 0 amide bonds. The summed E-state index contributed by atoms with van der Waals surface area (Å²) >= 11 is 0. The van der Waals surface area contributed by atoms with Crippen molar-refractivity contribution >= 4 is 23.6 Å². The van der Waals surface area contributed by atoms with Crippen molar-refractivity contribution in [1.82, 2.24) is 4.57 Å². The summed E-state index contributed by atoms with van der Waals surface area (Å²) in [6, 6.07) is 1.59. The second-order valence-electron chi connectivity index (χ2n) is 7.98. The van der Waals surface area contributed by atoms with E-state index in [0.29, 0.717) is 39.6 Å². The summed E-state index contributed by atoms with van der Waals surface area (Å²) < 4.78 is 40.7. The lowest BCUT2D eigenvalue weighted by Gasteiger charge is -2.30. The smallest absolute Gasteiger partial charge is 0.374 e. The van der Waals surface area contributed by atoms with E-state index in [0.717, 1.165) is 44.0 Å². The van der Waals surface area contributed by atoms with Gasteiger partial charge in [0.2, 0.25) is 0 Å². The molecule has 0 atom stereocenters. The Kier molecular flexibility index (Phi) is 15.4. The molecule has 9 nitrogen and oxygen atoms in total. The average molecular weight is 521 g/mol. The molecular formula is C23H50N3O6Si2+. The quantitative estimate of drug-likeness (QED) is 0.181. The number of rotatable bonds is 21. The molecule has 34 heavy (non-hydrogen) atoms. The Bertz CT molecular complexity index is 579. The molecule has 0 aliphatic carbocycles. The van der Waals surface area contributed by atoms with Gasteiger partial charge in [0.25, 0.3) is 0 Å². The van der Waals surface area contributed by atoms with Crippen LogP contribution in [0.4, 0.5) is 5.95 Å². The van der Waals surface area contributed by atoms with E-state index in [9.17, 15) is 0 Å². The van der Waals surface area contributed by atoms with E-state index in [2.05, 4.69) is 40.5 Å². The second-order valence-corrected chi connectivity index (χ2v) is 13.4. The van der Waals surface area contributed by atoms with Crippen molar-refractivity contribution in [3.05, 3.63) is 12.4 Å². The Hall–Kier alpha value is -0.796. The first-order valence-corrected chi connectivity index (χ1v) is 16.8. The van der Waals surface area contributed by atoms with Crippen LogP contribution in [0, 0.1) is 0 Å². The molecule has 0 radical (unpaired) electrons. The minimum Gasteiger partial charge on any atom is -0.374 e. The van der Waals surface area contributed by atoms with E-state index in [1.54, 1.807) is 0 Å². The highest BCUT2D eigenvalue weighted by Gasteiger charge is 2.41. The lowest BCUT2D eigenvalue weighted by atomic mass is 10.3. The summed E-state index contributed by atoms with van der Waals surface area (Å²) in [6.45, 7) is 17.4. The van der Waals surface area contributed by atoms with Crippen molar-refractivity contribution in [2.24, 2.45) is 14.1 Å². The van der Waals surface area contributed by atoms with E-state index < -0.39 is 17.6 Å². The van der Waals surface area contributed by atoms with Crippen LogP contribution in [0.5, 0.6) is 0 Å². The average Bonchev–Trinajstić information content (AvgIpc) is 3.12. The zero-order valence-electron chi connectivity index (χ0n) is 22.9. The lowest BCUT2D eigenvalue weighted by molar-refractivity contribution is -0.658. The molecule has 0 spiro atoms. The molecule has 0 fully saturated rings. The molecule has 1 aromatic heterocycles. The maximum atomic E-state index is 6.06. The first-order valence-electron chi connectivity index (χ1n) is 13.0. The van der Waals surface area contributed by atoms with Crippen LogP contribution >= 0.6 is 0 Å². The van der Waals surface area contributed by atoms with Crippen LogP contribution < -0.4 is 9.47 Å². The van der Waals surface area contributed by atoms with Crippen molar-refractivity contribution in [2.75, 3.05) is 57.6 Å². The highest BCUT2D eigenvalue weighted by molar-refractivity contribution is 6.61. The number of hydrogen-bond acceptors (Lipinski definition) is 7. The van der Waals surface area contributed by atoms with Gasteiger partial charge in [0.1, 0.15) is 0 Å². The molecule has 1 heterocycles. The number of aryl methyl sites for hydroxylation is 2. The van der Waals surface area contributed by atoms with E-state index in [-0.39, 0.29) is 0 Å². The Balaban J connectivity index is 2.94. The zero-order chi connectivity index (χ0) is 25.5. The third kappa shape index (κ3) is 9.69. The fourth-order valence-electron chi connectivity index (χ4n) is 4.32. The van der Waals surface area contributed by atoms with Gasteiger partial charge in [-0.3, -0.25) is 4.90 Å². The minimum atomic E-state index is -2.66. The first-order chi connectivity index (χ1) is 16.4. The molecule has 1 rings (SSSR count). The Morgan fingerprint density at radius 1 is 0.706 bits per heavy atom. The summed E-state index contributed by atoms with van der Waals surface area (Å²) in [5, 5.41) is 0. The van der Waals surface area contributed by atoms with Gasteiger partial charge in [0.05, 0.1) is 39.6 Å². The molecule has 0 aromatic carbocycles. The fourth-order valence-corrected chi connectivity index (χ4v) is 9.50. The Morgan fingerprint density at radius 2 is 1.06 bits per heavy atom. The largest absolute Gasteiger partial charge is 0.501 e. The summed E-state index contributed by atoms with van der Waals surface area (Å²) in [7, 11) is -1.15. The fraction of sp³-hybridized carbons (Fsp3) is 0.870. The van der Waals surface area contributed by atoms with Gasteiger partial charge in [-0.1, -0.05) is 0 Å². The SMILES string of the molecule is CCO[Si](CCCN(CCC[Si](OCC)(OCC)OCC)c1n(C)cc[n+]1C)(OCC)OCC. The molecule has 0 bridgehead atoms. The van der Waals surface area contributed by atoms with E-state index in [1.807, 2.05) is 41.5 Å². The number of hydrogen-bond donors (Lipinski definition) is 0. The number of imidazole rings is 1. The van der Waals surface area contributed by atoms with Gasteiger partial charge >= 0.3 is 23.6 Å². The highest BCUT2D eigenvalue weighted by atomic mass is 28.4. The van der Waals surface area contributed by atoms with Crippen molar-refractivity contribution in [2.45, 2.75) is 66.5 Å². The first kappa shape index (κ1) is 31.2. The summed E-state index contributed by atoms with van der Waals surface area (Å²) in [4.78, 5) is 2.42. The van der Waals surface area contributed by atoms with Crippen LogP contribution in [-0.4, -0.2) is 74.9 Å². The topological polar surface area (TPSA) is 67.4 Å². The third-order valence-electron chi connectivity index (χ3n) is 5.44. The summed E-state index contributed by atoms with van der Waals surface area (Å²) in [6.07, 6.45) is 6.01. The molecule has 0 saturated heterocycles. The lowest BCUT2D eigenvalue weighted by Crippen LogP contribution is -2.48. The molecule has 0 unspecified atom stereocenters. The normalized spacial score (nSPS) is 12.5. The molecular weight excluding hydrogens is 470 g/mol. The highest BCUT2D eigenvalue weighted by Crippen LogP contribution is 2.22. The van der Waals surface area contributed by atoms with Crippen LogP contribution in [0.15, 0.2) is 12.4 Å². The van der Waals surface area contributed by atoms with Gasteiger partial charge in [-0.05, 0) is 54.4 Å². The van der Waals surface area contributed by atoms with Crippen LogP contribution in [0.1, 0.15) is 54.4 Å². The van der Waals surface area contributed by atoms with Gasteiger partial charge in [-0.15, -0.1) is 0 Å². The van der Waals surface area contributed by atoms with Gasteiger partial charge in [-0.25, -0.2) is 9.13 Å². The van der Waals surface area contributed by atoms with Gasteiger partial charge in [-0.2, -0.15) is 0 Å². The molecule has 0 aliphatic rings. The van der Waals surface area contributed by atoms with Gasteiger partial charge < -0.3 is 26.6 Å². The molecule has 1 aromatic rings. The standard InChI is InChI=1S/C23H50N3O6Si2/c1-9-27-33(28-10-2,29-11-3)21-15-17-26(23-24(7)19-20-25(23)8)18-16-22-34(30-12-4,31-13-5)32-14-6/h19-20H,9-18,21-22H2,1-8H3/q+1. The maximum Gasteiger partial charge on any atom is 0.501 e. The zero-order valence-corrected chi connectivity index (χ0v) is 24.9. The predicted molar refractivity (Wildman–Crippen MR) is 139 cm³/mol. The Morgan fingerprint density at radius 3 is 1.32 bits per heavy atom. The minimum absolute atomic E-state index is 0.599. The molecule has 200 valence electrons. The van der Waals surface area contributed by atoms with Crippen LogP contribution in [0.2, 0.25) is 12.1 Å². The van der Waals surface area contributed by atoms with E-state index in [1.165, 1.54) is 0 Å². The molecule has 0 aliphatic heterocycles. The Labute approximate surface area is 210 Å². The molecule has 11 heteroatoms. The second kappa shape index (κ2) is 16.8. The predicted octanol–water partition coefficient (Wildman–Crippen LogP) is 3.53. The van der Waals surface area contributed by atoms with Gasteiger partial charge in [0.15, 0.2) is 0 Å². The van der Waals surface area contributed by atoms with Crippen molar-refractivity contribution in [1.29, 1.82) is 0 Å². The summed E-state index contributed by atoms with van der Waals surface area (Å²) in [5.41, 5.74) is 0. The third-order valence-corrected chi connectivity index (χ3v) is 11.7. The van der Waals surface area contributed by atoms with Gasteiger partial charge in [0, 0.05) is 51.7 Å². The molecule has 0 saturated carbocycles. The van der Waals surface area contributed by atoms with E-state index >= 15 is 0 Å². The van der Waals surface area contributed by atoms with Crippen LogP contribution in [-0.2, 0) is 40.7 Å². The molecule has 0 N–H and O–H groups in total. The van der Waals surface area contributed by atoms with Crippen molar-refractivity contribution in [3.8, 4) is 0 Å². The maximum absolute atomic E-state index is 6.06. The summed E-state index contributed by atoms with van der Waals surface area (Å²) in [5.74, 6) is 1.16. The number of anilines is 1. The number of aromatic nitrogens is 2. The number of nitrogens with zero attached hydrogens (tertiary/aromatic N) is 3. The van der Waals surface area contributed by atoms with E-state index in [4.69, 9.17) is 26.6 Å². The van der Waals surface area contributed by atoms with Crippen molar-refractivity contribution < 1.29 is 31.1 Å². The van der Waals surface area contributed by atoms with Crippen LogP contribution in [0.3, 0.4) is 0 Å². The van der Waals surface area contributed by atoms with Crippen molar-refractivity contribution in [3.63, 3.8) is 0 Å². The monoisotopic (exact) mass is 520 g/mol.